The number of benzene rings is 1. The van der Waals surface area contributed by atoms with E-state index in [4.69, 9.17) is 16.3 Å². The number of fused-ring (bicyclic) bond motifs is 1. The second-order valence-electron chi connectivity index (χ2n) is 8.85. The van der Waals surface area contributed by atoms with E-state index in [9.17, 15) is 14.3 Å². The van der Waals surface area contributed by atoms with E-state index in [0.29, 0.717) is 41.0 Å². The van der Waals surface area contributed by atoms with Crippen molar-refractivity contribution in [2.75, 3.05) is 19.0 Å². The van der Waals surface area contributed by atoms with Crippen LogP contribution in [0.15, 0.2) is 42.7 Å². The molecule has 1 fully saturated rings. The number of amides is 1. The molecule has 34 heavy (non-hydrogen) atoms. The molecule has 2 N–H and O–H groups in total. The van der Waals surface area contributed by atoms with Gasteiger partial charge in [-0.3, -0.25) is 4.79 Å². The number of methoxy groups -OCH3 is 1. The minimum atomic E-state index is -0.409. The van der Waals surface area contributed by atoms with Crippen molar-refractivity contribution in [3.05, 3.63) is 70.4 Å². The summed E-state index contributed by atoms with van der Waals surface area (Å²) < 4.78 is 21.2. The molecule has 1 atom stereocenters. The molecule has 1 aromatic carbocycles. The Bertz CT molecular complexity index is 1230. The van der Waals surface area contributed by atoms with Crippen LogP contribution in [-0.4, -0.2) is 51.3 Å². The first-order chi connectivity index (χ1) is 16.5. The van der Waals surface area contributed by atoms with Crippen molar-refractivity contribution < 1.29 is 19.0 Å². The van der Waals surface area contributed by atoms with E-state index < -0.39 is 5.82 Å². The van der Waals surface area contributed by atoms with Crippen LogP contribution in [0.5, 0.6) is 0 Å². The molecule has 1 amide bonds. The Morgan fingerprint density at radius 1 is 1.26 bits per heavy atom. The number of aliphatic hydroxyl groups is 1. The van der Waals surface area contributed by atoms with Gasteiger partial charge in [0.15, 0.2) is 0 Å². The third kappa shape index (κ3) is 4.53. The van der Waals surface area contributed by atoms with Crippen molar-refractivity contribution in [1.82, 2.24) is 14.5 Å². The fourth-order valence-corrected chi connectivity index (χ4v) is 4.63. The Kier molecular flexibility index (Phi) is 6.29. The number of carbonyl (C=O) groups is 1. The number of aromatic nitrogens is 2. The summed E-state index contributed by atoms with van der Waals surface area (Å²) in [7, 11) is 1.59. The first-order valence-corrected chi connectivity index (χ1v) is 11.6. The van der Waals surface area contributed by atoms with Gasteiger partial charge in [0.1, 0.15) is 17.3 Å². The number of carbonyl (C=O) groups excluding carboxylic acids is 1. The van der Waals surface area contributed by atoms with Crippen LogP contribution in [0.4, 0.5) is 10.2 Å². The Morgan fingerprint density at radius 2 is 2.09 bits per heavy atom. The molecule has 0 bridgehead atoms. The minimum Gasteiger partial charge on any atom is -0.392 e. The number of nitrogens with one attached hydrogen (secondary N) is 1. The molecule has 178 valence electrons. The maximum atomic E-state index is 13.9. The van der Waals surface area contributed by atoms with Crippen LogP contribution in [0.2, 0.25) is 5.02 Å². The molecule has 0 saturated heterocycles. The molecule has 3 aromatic rings. The fraction of sp³-hybridized carbons (Fsp3) is 0.360. The lowest BCUT2D eigenvalue weighted by Gasteiger charge is -2.36. The number of pyridine rings is 1. The number of anilines is 1. The van der Waals surface area contributed by atoms with E-state index in [0.717, 1.165) is 29.8 Å². The molecule has 1 aliphatic heterocycles. The Labute approximate surface area is 202 Å². The summed E-state index contributed by atoms with van der Waals surface area (Å²) in [5.74, 6) is 0.168. The number of rotatable bonds is 8. The largest absolute Gasteiger partial charge is 0.392 e. The highest BCUT2D eigenvalue weighted by atomic mass is 35.5. The zero-order valence-electron chi connectivity index (χ0n) is 18.8. The summed E-state index contributed by atoms with van der Waals surface area (Å²) >= 11 is 6.47. The van der Waals surface area contributed by atoms with Gasteiger partial charge in [0.25, 0.3) is 5.91 Å². The van der Waals surface area contributed by atoms with Crippen molar-refractivity contribution in [1.29, 1.82) is 0 Å². The van der Waals surface area contributed by atoms with Gasteiger partial charge in [0.05, 0.1) is 24.3 Å². The molecule has 0 spiro atoms. The lowest BCUT2D eigenvalue weighted by molar-refractivity contribution is 0.0386. The average Bonchev–Trinajstić information content (AvgIpc) is 3.53. The molecule has 1 saturated carbocycles. The van der Waals surface area contributed by atoms with Gasteiger partial charge < -0.3 is 24.6 Å². The summed E-state index contributed by atoms with van der Waals surface area (Å²) in [5, 5.41) is 13.6. The third-order valence-corrected chi connectivity index (χ3v) is 6.66. The maximum absolute atomic E-state index is 13.9. The second-order valence-corrected chi connectivity index (χ2v) is 9.25. The second kappa shape index (κ2) is 9.37. The van der Waals surface area contributed by atoms with Crippen LogP contribution in [0.1, 0.15) is 34.5 Å². The molecule has 9 heteroatoms. The van der Waals surface area contributed by atoms with Crippen LogP contribution in [0.3, 0.4) is 0 Å². The number of ether oxygens (including phenoxy) is 1. The van der Waals surface area contributed by atoms with Crippen molar-refractivity contribution in [3.8, 4) is 11.1 Å². The van der Waals surface area contributed by atoms with Gasteiger partial charge in [0.2, 0.25) is 0 Å². The quantitative estimate of drug-likeness (QED) is 0.503. The van der Waals surface area contributed by atoms with E-state index in [2.05, 4.69) is 10.3 Å². The number of hydrogen-bond donors (Lipinski definition) is 2. The molecule has 5 rings (SSSR count). The molecule has 2 aromatic heterocycles. The van der Waals surface area contributed by atoms with Gasteiger partial charge in [-0.05, 0) is 48.2 Å². The van der Waals surface area contributed by atoms with Crippen LogP contribution in [0, 0.1) is 5.82 Å². The number of aliphatic hydroxyl groups excluding tert-OH is 1. The summed E-state index contributed by atoms with van der Waals surface area (Å²) in [5.41, 5.74) is 3.32. The Hall–Kier alpha value is -2.94. The predicted molar refractivity (Wildman–Crippen MR) is 127 cm³/mol. The fourth-order valence-electron chi connectivity index (χ4n) is 4.42. The number of halogens is 2. The summed E-state index contributed by atoms with van der Waals surface area (Å²) in [6, 6.07) is 8.18. The smallest absolute Gasteiger partial charge is 0.271 e. The van der Waals surface area contributed by atoms with E-state index >= 15 is 0 Å². The molecular weight excluding hydrogens is 459 g/mol. The van der Waals surface area contributed by atoms with Crippen LogP contribution >= 0.6 is 11.6 Å². The molecule has 1 aliphatic carbocycles. The zero-order valence-corrected chi connectivity index (χ0v) is 19.6. The molecular formula is C25H26ClFN4O3. The summed E-state index contributed by atoms with van der Waals surface area (Å²) in [4.78, 5) is 19.6. The van der Waals surface area contributed by atoms with Gasteiger partial charge >= 0.3 is 0 Å². The highest BCUT2D eigenvalue weighted by Gasteiger charge is 2.34. The normalized spacial score (nSPS) is 17.7. The van der Waals surface area contributed by atoms with Crippen LogP contribution in [-0.2, 0) is 24.4 Å². The average molecular weight is 485 g/mol. The van der Waals surface area contributed by atoms with Crippen LogP contribution in [0.25, 0.3) is 11.1 Å². The van der Waals surface area contributed by atoms with Crippen molar-refractivity contribution in [2.24, 2.45) is 0 Å². The maximum Gasteiger partial charge on any atom is 0.271 e. The molecule has 2 aliphatic rings. The van der Waals surface area contributed by atoms with E-state index in [1.807, 2.05) is 22.9 Å². The number of nitrogens with zero attached hydrogens (tertiary/aromatic N) is 3. The molecule has 0 unspecified atom stereocenters. The Morgan fingerprint density at radius 3 is 2.82 bits per heavy atom. The highest BCUT2D eigenvalue weighted by Crippen LogP contribution is 2.34. The zero-order chi connectivity index (χ0) is 23.8. The topological polar surface area (TPSA) is 79.6 Å². The number of hydrogen-bond acceptors (Lipinski definition) is 5. The summed E-state index contributed by atoms with van der Waals surface area (Å²) in [6.45, 7) is 0.792. The monoisotopic (exact) mass is 484 g/mol. The van der Waals surface area contributed by atoms with Crippen molar-refractivity contribution in [2.45, 2.75) is 44.6 Å². The van der Waals surface area contributed by atoms with E-state index in [-0.39, 0.29) is 25.1 Å². The van der Waals surface area contributed by atoms with Gasteiger partial charge in [0, 0.05) is 49.8 Å². The van der Waals surface area contributed by atoms with E-state index in [1.54, 1.807) is 24.3 Å². The van der Waals surface area contributed by atoms with Gasteiger partial charge in [-0.25, -0.2) is 9.37 Å². The predicted octanol–water partition coefficient (Wildman–Crippen LogP) is 4.08. The first kappa shape index (κ1) is 22.8. The SMILES string of the molecule is COC[C@H]1Cn2cc(-c3cc(NC4CC4)ncc3Cl)cc2C(=O)N1Cc1cc(F)ccc1CO. The van der Waals surface area contributed by atoms with Gasteiger partial charge in [-0.2, -0.15) is 0 Å². The van der Waals surface area contributed by atoms with Crippen LogP contribution < -0.4 is 5.32 Å². The molecule has 3 heterocycles. The van der Waals surface area contributed by atoms with Crippen molar-refractivity contribution >= 4 is 23.3 Å². The third-order valence-electron chi connectivity index (χ3n) is 6.36. The molecule has 7 nitrogen and oxygen atoms in total. The minimum absolute atomic E-state index is 0.173. The summed E-state index contributed by atoms with van der Waals surface area (Å²) in [6.07, 6.45) is 5.82. The Balaban J connectivity index is 1.48. The lowest BCUT2D eigenvalue weighted by Crippen LogP contribution is -2.49. The van der Waals surface area contributed by atoms with E-state index in [1.165, 1.54) is 12.1 Å². The highest BCUT2D eigenvalue weighted by molar-refractivity contribution is 6.33. The first-order valence-electron chi connectivity index (χ1n) is 11.3. The lowest BCUT2D eigenvalue weighted by atomic mass is 10.0. The van der Waals surface area contributed by atoms with Crippen molar-refractivity contribution in [3.63, 3.8) is 0 Å². The van der Waals surface area contributed by atoms with Gasteiger partial charge in [-0.15, -0.1) is 0 Å². The molecule has 0 radical (unpaired) electrons. The standard InChI is InChI=1S/C25H26ClFN4O3/c1-34-14-20-12-30-10-17(21-8-24(28-9-22(21)26)29-19-4-5-19)7-23(30)25(33)31(20)11-16-6-18(27)3-2-15(16)13-32/h2-3,6-10,19-20,32H,4-5,11-14H2,1H3,(H,28,29)/t20-/m1/s1. The van der Waals surface area contributed by atoms with Gasteiger partial charge in [-0.1, -0.05) is 17.7 Å².